The molecule has 3 atom stereocenters. The lowest BCUT2D eigenvalue weighted by atomic mass is 9.77. The molecule has 0 amide bonds. The molecule has 3 fully saturated rings. The van der Waals surface area contributed by atoms with Gasteiger partial charge in [-0.2, -0.15) is 0 Å². The molecule has 0 radical (unpaired) electrons. The number of H-pyrrole nitrogens is 1. The van der Waals surface area contributed by atoms with Gasteiger partial charge in [0.15, 0.2) is 11.6 Å². The Morgan fingerprint density at radius 2 is 1.90 bits per heavy atom. The molecule has 7 nitrogen and oxygen atoms in total. The molecule has 10 heteroatoms. The quantitative estimate of drug-likeness (QED) is 0.767. The zero-order valence-corrected chi connectivity index (χ0v) is 17.3. The van der Waals surface area contributed by atoms with Crippen LogP contribution < -0.4 is 20.9 Å². The van der Waals surface area contributed by atoms with Crippen molar-refractivity contribution in [3.63, 3.8) is 0 Å². The van der Waals surface area contributed by atoms with Crippen LogP contribution in [0.5, 0.6) is 5.75 Å². The Balaban J connectivity index is 1.71. The average Bonchev–Trinajstić information content (AvgIpc) is 3.45. The van der Waals surface area contributed by atoms with Crippen molar-refractivity contribution in [1.82, 2.24) is 9.55 Å². The number of aromatic amines is 1. The Bertz CT molecular complexity index is 1190. The number of aliphatic hydroxyl groups excluding tert-OH is 1. The third kappa shape index (κ3) is 2.90. The van der Waals surface area contributed by atoms with Crippen LogP contribution in [0, 0.1) is 24.6 Å². The monoisotopic (exact) mass is 439 g/mol. The minimum atomic E-state index is -3.16. The molecule has 2 heterocycles. The van der Waals surface area contributed by atoms with E-state index in [2.05, 4.69) is 4.98 Å². The lowest BCUT2D eigenvalue weighted by Crippen LogP contribution is -2.46. The first-order valence-corrected chi connectivity index (χ1v) is 10.5. The summed E-state index contributed by atoms with van der Waals surface area (Å²) >= 11 is 0. The number of methoxy groups -OCH3 is 1. The van der Waals surface area contributed by atoms with Gasteiger partial charge < -0.3 is 14.7 Å². The molecule has 1 aromatic carbocycles. The van der Waals surface area contributed by atoms with E-state index in [-0.39, 0.29) is 41.7 Å². The normalized spacial score (nSPS) is 27.5. The topological polar surface area (TPSA) is 87.6 Å². The standard InChI is InChI=1S/C21H24F3N3O4/c1-9-15-13(19(29)25-20(30)27(15)11-3-4-11)17(31-2)14(22)16(9)26-7-10-5-6-21(23,24)18(28)12(10)8-26/h10-12,18,28H,3-8H2,1-2H3,(H,25,29,30). The summed E-state index contributed by atoms with van der Waals surface area (Å²) in [5.41, 5.74) is -0.456. The summed E-state index contributed by atoms with van der Waals surface area (Å²) in [6.07, 6.45) is -0.407. The number of hydrogen-bond donors (Lipinski definition) is 2. The number of ether oxygens (including phenoxy) is 1. The SMILES string of the molecule is COc1c(F)c(N2CC3CCC(F)(F)C(O)C3C2)c(C)c2c1c(=O)[nH]c(=O)n2C1CC1. The number of rotatable bonds is 3. The number of anilines is 1. The lowest BCUT2D eigenvalue weighted by Gasteiger charge is -2.35. The molecule has 31 heavy (non-hydrogen) atoms. The van der Waals surface area contributed by atoms with Crippen LogP contribution in [0.3, 0.4) is 0 Å². The predicted molar refractivity (Wildman–Crippen MR) is 108 cm³/mol. The highest BCUT2D eigenvalue weighted by molar-refractivity contribution is 5.93. The maximum Gasteiger partial charge on any atom is 0.329 e. The maximum atomic E-state index is 15.7. The van der Waals surface area contributed by atoms with Crippen molar-refractivity contribution in [2.75, 3.05) is 25.1 Å². The summed E-state index contributed by atoms with van der Waals surface area (Å²) < 4.78 is 50.5. The van der Waals surface area contributed by atoms with Crippen LogP contribution in [-0.2, 0) is 0 Å². The summed E-state index contributed by atoms with van der Waals surface area (Å²) in [6, 6.07) is -0.0877. The minimum Gasteiger partial charge on any atom is -0.493 e. The molecule has 168 valence electrons. The average molecular weight is 439 g/mol. The second-order valence-electron chi connectivity index (χ2n) is 8.98. The molecule has 0 spiro atoms. The van der Waals surface area contributed by atoms with Crippen LogP contribution in [0.4, 0.5) is 18.9 Å². The first kappa shape index (κ1) is 20.4. The van der Waals surface area contributed by atoms with Gasteiger partial charge in [-0.25, -0.2) is 18.0 Å². The number of nitrogens with one attached hydrogen (secondary N) is 1. The summed E-state index contributed by atoms with van der Waals surface area (Å²) in [5, 5.41) is 10.2. The van der Waals surface area contributed by atoms with E-state index in [1.165, 1.54) is 11.7 Å². The lowest BCUT2D eigenvalue weighted by molar-refractivity contribution is -0.161. The second kappa shape index (κ2) is 6.75. The van der Waals surface area contributed by atoms with Gasteiger partial charge in [0.05, 0.1) is 18.3 Å². The highest BCUT2D eigenvalue weighted by Gasteiger charge is 2.53. The zero-order chi connectivity index (χ0) is 22.2. The van der Waals surface area contributed by atoms with Gasteiger partial charge in [-0.3, -0.25) is 14.3 Å². The summed E-state index contributed by atoms with van der Waals surface area (Å²) in [5.74, 6) is -5.08. The Labute approximate surface area is 175 Å². The molecule has 3 unspecified atom stereocenters. The molecule has 2 aromatic rings. The van der Waals surface area contributed by atoms with Gasteiger partial charge in [-0.15, -0.1) is 0 Å². The van der Waals surface area contributed by atoms with Crippen molar-refractivity contribution in [2.24, 2.45) is 11.8 Å². The van der Waals surface area contributed by atoms with Crippen molar-refractivity contribution < 1.29 is 23.0 Å². The molecule has 2 saturated carbocycles. The van der Waals surface area contributed by atoms with Gasteiger partial charge >= 0.3 is 5.69 Å². The van der Waals surface area contributed by atoms with Gasteiger partial charge in [0.2, 0.25) is 0 Å². The van der Waals surface area contributed by atoms with Gasteiger partial charge in [0.1, 0.15) is 11.5 Å². The van der Waals surface area contributed by atoms with Crippen LogP contribution in [0.2, 0.25) is 0 Å². The van der Waals surface area contributed by atoms with E-state index < -0.39 is 41.4 Å². The number of benzene rings is 1. The number of nitrogens with zero attached hydrogens (tertiary/aromatic N) is 2. The van der Waals surface area contributed by atoms with Crippen LogP contribution in [0.15, 0.2) is 9.59 Å². The van der Waals surface area contributed by atoms with E-state index in [0.29, 0.717) is 17.6 Å². The Kier molecular flexibility index (Phi) is 4.45. The van der Waals surface area contributed by atoms with Crippen molar-refractivity contribution in [1.29, 1.82) is 0 Å². The highest BCUT2D eigenvalue weighted by atomic mass is 19.3. The molecule has 3 aliphatic rings. The van der Waals surface area contributed by atoms with Gasteiger partial charge in [0, 0.05) is 37.0 Å². The second-order valence-corrected chi connectivity index (χ2v) is 8.98. The summed E-state index contributed by atoms with van der Waals surface area (Å²) in [6.45, 7) is 2.00. The fourth-order valence-corrected chi connectivity index (χ4v) is 5.45. The predicted octanol–water partition coefficient (Wildman–Crippen LogP) is 2.32. The fourth-order valence-electron chi connectivity index (χ4n) is 5.45. The number of aryl methyl sites for hydroxylation is 1. The number of halogens is 3. The van der Waals surface area contributed by atoms with Crippen LogP contribution in [0.25, 0.3) is 10.9 Å². The number of aromatic nitrogens is 2. The molecule has 1 aliphatic heterocycles. The molecule has 5 rings (SSSR count). The number of alkyl halides is 2. The molecular weight excluding hydrogens is 415 g/mol. The van der Waals surface area contributed by atoms with Gasteiger partial charge in [-0.1, -0.05) is 0 Å². The van der Waals surface area contributed by atoms with Crippen molar-refractivity contribution >= 4 is 16.6 Å². The largest absolute Gasteiger partial charge is 0.493 e. The van der Waals surface area contributed by atoms with Crippen LogP contribution in [-0.4, -0.2) is 46.9 Å². The Morgan fingerprint density at radius 1 is 1.19 bits per heavy atom. The van der Waals surface area contributed by atoms with Crippen LogP contribution in [0.1, 0.15) is 37.3 Å². The first-order valence-electron chi connectivity index (χ1n) is 10.5. The third-order valence-corrected chi connectivity index (χ3v) is 7.10. The first-order chi connectivity index (χ1) is 14.7. The van der Waals surface area contributed by atoms with Gasteiger partial charge in [-0.05, 0) is 32.1 Å². The molecule has 1 aromatic heterocycles. The number of fused-ring (bicyclic) bond motifs is 2. The van der Waals surface area contributed by atoms with E-state index in [9.17, 15) is 23.5 Å². The number of hydrogen-bond acceptors (Lipinski definition) is 5. The highest BCUT2D eigenvalue weighted by Crippen LogP contribution is 2.48. The Morgan fingerprint density at radius 3 is 2.55 bits per heavy atom. The van der Waals surface area contributed by atoms with E-state index in [1.807, 2.05) is 0 Å². The van der Waals surface area contributed by atoms with Gasteiger partial charge in [0.25, 0.3) is 11.5 Å². The van der Waals surface area contributed by atoms with E-state index in [0.717, 1.165) is 12.8 Å². The fraction of sp³-hybridized carbons (Fsp3) is 0.619. The molecule has 2 N–H and O–H groups in total. The smallest absolute Gasteiger partial charge is 0.329 e. The number of aliphatic hydroxyl groups is 1. The summed E-state index contributed by atoms with van der Waals surface area (Å²) in [4.78, 5) is 29.1. The Hall–Kier alpha value is -2.49. The van der Waals surface area contributed by atoms with Crippen LogP contribution >= 0.6 is 0 Å². The minimum absolute atomic E-state index is 0.0315. The molecular formula is C21H24F3N3O4. The third-order valence-electron chi connectivity index (χ3n) is 7.10. The van der Waals surface area contributed by atoms with E-state index in [4.69, 9.17) is 4.74 Å². The molecule has 2 aliphatic carbocycles. The van der Waals surface area contributed by atoms with Crippen molar-refractivity contribution in [2.45, 2.75) is 50.7 Å². The zero-order valence-electron chi connectivity index (χ0n) is 17.3. The van der Waals surface area contributed by atoms with Crippen molar-refractivity contribution in [3.8, 4) is 5.75 Å². The van der Waals surface area contributed by atoms with Crippen molar-refractivity contribution in [3.05, 3.63) is 32.2 Å². The van der Waals surface area contributed by atoms with E-state index >= 15 is 4.39 Å². The summed E-state index contributed by atoms with van der Waals surface area (Å²) in [7, 11) is 1.25. The maximum absolute atomic E-state index is 15.7. The molecule has 1 saturated heterocycles. The molecule has 0 bridgehead atoms. The van der Waals surface area contributed by atoms with E-state index in [1.54, 1.807) is 11.8 Å².